The molecule has 0 spiro atoms. The molecule has 122 valence electrons. The van der Waals surface area contributed by atoms with E-state index in [1.165, 1.54) is 16.9 Å². The van der Waals surface area contributed by atoms with E-state index < -0.39 is 0 Å². The van der Waals surface area contributed by atoms with E-state index in [1.54, 1.807) is 7.11 Å². The van der Waals surface area contributed by atoms with Crippen LogP contribution in [0.5, 0.6) is 5.75 Å². The van der Waals surface area contributed by atoms with Gasteiger partial charge in [0, 0.05) is 12.6 Å². The first kappa shape index (κ1) is 16.0. The zero-order chi connectivity index (χ0) is 16.4. The van der Waals surface area contributed by atoms with E-state index in [4.69, 9.17) is 4.74 Å². The monoisotopic (exact) mass is 330 g/mol. The molecule has 23 heavy (non-hydrogen) atoms. The molecule has 5 heteroatoms. The summed E-state index contributed by atoms with van der Waals surface area (Å²) in [6.45, 7) is 4.72. The molecule has 0 bridgehead atoms. The Kier molecular flexibility index (Phi) is 4.66. The van der Waals surface area contributed by atoms with Gasteiger partial charge in [0.05, 0.1) is 17.8 Å². The molecule has 0 saturated carbocycles. The third kappa shape index (κ3) is 3.39. The molecule has 1 fully saturated rings. The van der Waals surface area contributed by atoms with Crippen molar-refractivity contribution >= 4 is 17.2 Å². The van der Waals surface area contributed by atoms with Gasteiger partial charge in [-0.25, -0.2) is 4.98 Å². The highest BCUT2D eigenvalue weighted by molar-refractivity contribution is 7.13. The van der Waals surface area contributed by atoms with Crippen LogP contribution in [0.15, 0.2) is 24.3 Å². The molecule has 3 rings (SSSR count). The molecule has 0 aliphatic carbocycles. The normalized spacial score (nSPS) is 17.5. The molecular weight excluding hydrogens is 308 g/mol. The van der Waals surface area contributed by atoms with E-state index >= 15 is 0 Å². The number of amides is 1. The van der Waals surface area contributed by atoms with Crippen LogP contribution in [-0.2, 0) is 6.42 Å². The predicted octanol–water partition coefficient (Wildman–Crippen LogP) is 3.62. The van der Waals surface area contributed by atoms with Gasteiger partial charge in [-0.2, -0.15) is 0 Å². The highest BCUT2D eigenvalue weighted by Crippen LogP contribution is 2.27. The summed E-state index contributed by atoms with van der Waals surface area (Å²) >= 11 is 1.50. The van der Waals surface area contributed by atoms with Gasteiger partial charge in [0.25, 0.3) is 5.91 Å². The minimum atomic E-state index is 0.143. The number of aryl methyl sites for hydroxylation is 2. The van der Waals surface area contributed by atoms with Crippen molar-refractivity contribution in [1.82, 2.24) is 9.88 Å². The molecule has 1 aliphatic heterocycles. The lowest BCUT2D eigenvalue weighted by Crippen LogP contribution is -2.36. The Morgan fingerprint density at radius 1 is 1.35 bits per heavy atom. The number of nitrogens with zero attached hydrogens (tertiary/aromatic N) is 2. The van der Waals surface area contributed by atoms with Crippen molar-refractivity contribution in [2.75, 3.05) is 13.7 Å². The number of hydrogen-bond donors (Lipinski definition) is 0. The molecule has 1 atom stereocenters. The fourth-order valence-corrected chi connectivity index (χ4v) is 4.09. The Balaban J connectivity index is 1.74. The summed E-state index contributed by atoms with van der Waals surface area (Å²) in [6, 6.07) is 8.40. The van der Waals surface area contributed by atoms with Gasteiger partial charge in [-0.1, -0.05) is 12.1 Å². The highest BCUT2D eigenvalue weighted by atomic mass is 32.1. The lowest BCUT2D eigenvalue weighted by atomic mass is 10.0. The van der Waals surface area contributed by atoms with Gasteiger partial charge < -0.3 is 9.64 Å². The Hall–Kier alpha value is -1.88. The minimum absolute atomic E-state index is 0.143. The van der Waals surface area contributed by atoms with Crippen LogP contribution in [0.25, 0.3) is 0 Å². The van der Waals surface area contributed by atoms with Gasteiger partial charge in [-0.15, -0.1) is 11.3 Å². The molecule has 0 N–H and O–H groups in total. The maximum absolute atomic E-state index is 12.9. The number of benzene rings is 1. The third-order valence-electron chi connectivity index (χ3n) is 4.37. The van der Waals surface area contributed by atoms with Crippen LogP contribution < -0.4 is 4.74 Å². The number of carbonyl (C=O) groups is 1. The summed E-state index contributed by atoms with van der Waals surface area (Å²) in [5.41, 5.74) is 2.10. The van der Waals surface area contributed by atoms with E-state index in [2.05, 4.69) is 17.1 Å². The summed E-state index contributed by atoms with van der Waals surface area (Å²) in [5, 5.41) is 0.955. The molecule has 1 saturated heterocycles. The molecule has 2 heterocycles. The SMILES string of the molecule is COc1ccc(C[C@@H]2CCCN2C(=O)c2sc(C)nc2C)cc1. The standard InChI is InChI=1S/C18H22N2O2S/c1-12-17(23-13(2)19-12)18(21)20-10-4-5-15(20)11-14-6-8-16(22-3)9-7-14/h6-9,15H,4-5,10-11H2,1-3H3/t15-/m0/s1. The quantitative estimate of drug-likeness (QED) is 0.860. The van der Waals surface area contributed by atoms with E-state index in [1.807, 2.05) is 30.9 Å². The number of hydrogen-bond acceptors (Lipinski definition) is 4. The first-order chi connectivity index (χ1) is 11.1. The Labute approximate surface area is 141 Å². The van der Waals surface area contributed by atoms with Crippen LogP contribution in [0.2, 0.25) is 0 Å². The summed E-state index contributed by atoms with van der Waals surface area (Å²) in [4.78, 5) is 20.1. The van der Waals surface area contributed by atoms with Crippen LogP contribution in [0.3, 0.4) is 0 Å². The van der Waals surface area contributed by atoms with Gasteiger partial charge >= 0.3 is 0 Å². The van der Waals surface area contributed by atoms with Crippen molar-refractivity contribution in [2.45, 2.75) is 39.2 Å². The molecule has 1 aromatic carbocycles. The maximum Gasteiger partial charge on any atom is 0.266 e. The van der Waals surface area contributed by atoms with Crippen LogP contribution >= 0.6 is 11.3 Å². The zero-order valence-corrected chi connectivity index (χ0v) is 14.7. The van der Waals surface area contributed by atoms with Gasteiger partial charge in [0.15, 0.2) is 0 Å². The molecule has 1 aliphatic rings. The average molecular weight is 330 g/mol. The fraction of sp³-hybridized carbons (Fsp3) is 0.444. The van der Waals surface area contributed by atoms with E-state index in [0.29, 0.717) is 0 Å². The van der Waals surface area contributed by atoms with E-state index in [0.717, 1.165) is 47.1 Å². The smallest absolute Gasteiger partial charge is 0.266 e. The van der Waals surface area contributed by atoms with Crippen molar-refractivity contribution in [3.8, 4) is 5.75 Å². The second kappa shape index (κ2) is 6.71. The first-order valence-corrected chi connectivity index (χ1v) is 8.78. The maximum atomic E-state index is 12.9. The Morgan fingerprint density at radius 2 is 2.09 bits per heavy atom. The number of carbonyl (C=O) groups excluding carboxylic acids is 1. The average Bonchev–Trinajstić information content (AvgIpc) is 3.13. The Morgan fingerprint density at radius 3 is 2.70 bits per heavy atom. The number of ether oxygens (including phenoxy) is 1. The molecule has 0 radical (unpaired) electrons. The summed E-state index contributed by atoms with van der Waals surface area (Å²) in [7, 11) is 1.67. The largest absolute Gasteiger partial charge is 0.497 e. The van der Waals surface area contributed by atoms with E-state index in [9.17, 15) is 4.79 Å². The van der Waals surface area contributed by atoms with Crippen molar-refractivity contribution < 1.29 is 9.53 Å². The Bertz CT molecular complexity index is 694. The second-order valence-electron chi connectivity index (χ2n) is 5.99. The lowest BCUT2D eigenvalue weighted by molar-refractivity contribution is 0.0740. The molecular formula is C18H22N2O2S. The summed E-state index contributed by atoms with van der Waals surface area (Å²) < 4.78 is 5.20. The summed E-state index contributed by atoms with van der Waals surface area (Å²) in [6.07, 6.45) is 3.03. The fourth-order valence-electron chi connectivity index (χ4n) is 3.21. The van der Waals surface area contributed by atoms with Gasteiger partial charge in [0.1, 0.15) is 10.6 Å². The number of likely N-dealkylation sites (tertiary alicyclic amines) is 1. The summed E-state index contributed by atoms with van der Waals surface area (Å²) in [5.74, 6) is 1.01. The van der Waals surface area contributed by atoms with Crippen molar-refractivity contribution in [2.24, 2.45) is 0 Å². The van der Waals surface area contributed by atoms with Crippen molar-refractivity contribution in [1.29, 1.82) is 0 Å². The third-order valence-corrected chi connectivity index (χ3v) is 5.43. The molecule has 2 aromatic rings. The second-order valence-corrected chi connectivity index (χ2v) is 7.20. The van der Waals surface area contributed by atoms with E-state index in [-0.39, 0.29) is 11.9 Å². The van der Waals surface area contributed by atoms with Gasteiger partial charge in [-0.3, -0.25) is 4.79 Å². The van der Waals surface area contributed by atoms with Crippen LogP contribution in [0.1, 0.15) is 38.8 Å². The number of aromatic nitrogens is 1. The zero-order valence-electron chi connectivity index (χ0n) is 13.8. The van der Waals surface area contributed by atoms with Crippen LogP contribution in [-0.4, -0.2) is 35.5 Å². The van der Waals surface area contributed by atoms with Crippen LogP contribution in [0, 0.1) is 13.8 Å². The molecule has 1 amide bonds. The van der Waals surface area contributed by atoms with Crippen molar-refractivity contribution in [3.05, 3.63) is 45.4 Å². The minimum Gasteiger partial charge on any atom is -0.497 e. The number of rotatable bonds is 4. The lowest BCUT2D eigenvalue weighted by Gasteiger charge is -2.24. The van der Waals surface area contributed by atoms with Gasteiger partial charge in [-0.05, 0) is 50.8 Å². The number of methoxy groups -OCH3 is 1. The van der Waals surface area contributed by atoms with Gasteiger partial charge in [0.2, 0.25) is 0 Å². The number of thiazole rings is 1. The molecule has 4 nitrogen and oxygen atoms in total. The van der Waals surface area contributed by atoms with Crippen LogP contribution in [0.4, 0.5) is 0 Å². The first-order valence-electron chi connectivity index (χ1n) is 7.96. The predicted molar refractivity (Wildman–Crippen MR) is 92.3 cm³/mol. The molecule has 1 aromatic heterocycles. The topological polar surface area (TPSA) is 42.4 Å². The highest BCUT2D eigenvalue weighted by Gasteiger charge is 2.31. The van der Waals surface area contributed by atoms with Crippen molar-refractivity contribution in [3.63, 3.8) is 0 Å². The molecule has 0 unspecified atom stereocenters.